The Hall–Kier alpha value is -5.99. The number of carbonyl (C=O) groups excluding carboxylic acids is 2. The fraction of sp³-hybridized carbons (Fsp3) is 0.333. The standard InChI is InChI=1S/C42H43FN10O3/c1-24-33-23-46-42(50-39(33)53(29-5-3-4-6-29)41(56)36(24)25(2)54)49-35-12-11-30(22-45-35)51-15-17-52(18-16-51)47-21-26-7-9-27(10-8-26)38-31-13-14-44-40(55)32-19-28(43)20-34(48-38)37(31)32/h7-12,19-20,22-23,29,47-48H,3-6,13-18,21H2,1-2H3,(H,44,55)(H,45,46,49,50). The van der Waals surface area contributed by atoms with E-state index in [0.29, 0.717) is 59.0 Å². The Balaban J connectivity index is 0.818. The molecule has 0 unspecified atom stereocenters. The number of pyridine rings is 2. The van der Waals surface area contributed by atoms with Crippen molar-refractivity contribution in [1.29, 1.82) is 0 Å². The zero-order valence-corrected chi connectivity index (χ0v) is 31.4. The van der Waals surface area contributed by atoms with Crippen LogP contribution >= 0.6 is 0 Å². The predicted octanol–water partition coefficient (Wildman–Crippen LogP) is 5.96. The lowest BCUT2D eigenvalue weighted by Crippen LogP contribution is -2.51. The van der Waals surface area contributed by atoms with Crippen LogP contribution in [0.1, 0.15) is 76.1 Å². The molecule has 14 heteroatoms. The first kappa shape index (κ1) is 35.7. The Bertz CT molecular complexity index is 2550. The van der Waals surface area contributed by atoms with E-state index in [1.165, 1.54) is 19.1 Å². The molecule has 1 saturated carbocycles. The molecule has 1 amide bonds. The van der Waals surface area contributed by atoms with Gasteiger partial charge in [-0.2, -0.15) is 4.98 Å². The second kappa shape index (κ2) is 14.6. The number of anilines is 3. The van der Waals surface area contributed by atoms with Crippen molar-refractivity contribution >= 4 is 51.1 Å². The van der Waals surface area contributed by atoms with Gasteiger partial charge in [-0.15, -0.1) is 0 Å². The molecule has 2 aliphatic heterocycles. The van der Waals surface area contributed by atoms with Crippen LogP contribution in [0.4, 0.5) is 21.8 Å². The first-order chi connectivity index (χ1) is 27.2. The molecular formula is C42H43FN10O3. The van der Waals surface area contributed by atoms with Crippen molar-refractivity contribution in [2.75, 3.05) is 42.9 Å². The lowest BCUT2D eigenvalue weighted by molar-refractivity contribution is 0.0955. The van der Waals surface area contributed by atoms with Gasteiger partial charge in [-0.3, -0.25) is 24.4 Å². The highest BCUT2D eigenvalue weighted by atomic mass is 19.1. The Labute approximate surface area is 322 Å². The van der Waals surface area contributed by atoms with Gasteiger partial charge in [0.05, 0.1) is 23.0 Å². The van der Waals surface area contributed by atoms with Crippen LogP contribution < -0.4 is 26.5 Å². The van der Waals surface area contributed by atoms with Crippen molar-refractivity contribution in [1.82, 2.24) is 40.3 Å². The smallest absolute Gasteiger partial charge is 0.263 e. The summed E-state index contributed by atoms with van der Waals surface area (Å²) < 4.78 is 16.0. The molecule has 9 rings (SSSR count). The molecule has 4 aromatic heterocycles. The minimum atomic E-state index is -0.433. The first-order valence-electron chi connectivity index (χ1n) is 19.3. The zero-order chi connectivity index (χ0) is 38.5. The fourth-order valence-electron chi connectivity index (χ4n) is 8.62. The SMILES string of the molecule is CC(=O)c1c(C)c2cnc(Nc3ccc(N4CCN(NCc5ccc(-c6[nH]c7cc(F)cc8c7c6CCNC8=O)cc5)CC4)cn3)nc2n(C2CCCC2)c1=O. The van der Waals surface area contributed by atoms with Gasteiger partial charge in [0, 0.05) is 73.5 Å². The molecule has 3 aliphatic rings. The van der Waals surface area contributed by atoms with E-state index >= 15 is 0 Å². The van der Waals surface area contributed by atoms with E-state index in [2.05, 4.69) is 65.2 Å². The molecule has 4 N–H and O–H groups in total. The topological polar surface area (TPSA) is 153 Å². The van der Waals surface area contributed by atoms with Crippen molar-refractivity contribution in [3.05, 3.63) is 105 Å². The maximum absolute atomic E-state index is 14.3. The van der Waals surface area contributed by atoms with E-state index < -0.39 is 5.82 Å². The number of aromatic amines is 1. The second-order valence-corrected chi connectivity index (χ2v) is 15.0. The number of amides is 1. The monoisotopic (exact) mass is 754 g/mol. The molecule has 286 valence electrons. The summed E-state index contributed by atoms with van der Waals surface area (Å²) in [5, 5.41) is 9.84. The predicted molar refractivity (Wildman–Crippen MR) is 214 cm³/mol. The number of hydrogen-bond acceptors (Lipinski definition) is 10. The van der Waals surface area contributed by atoms with Crippen LogP contribution in [0, 0.1) is 12.7 Å². The summed E-state index contributed by atoms with van der Waals surface area (Å²) in [6.07, 6.45) is 8.06. The molecule has 0 atom stereocenters. The van der Waals surface area contributed by atoms with Crippen LogP contribution in [0.15, 0.2) is 65.7 Å². The van der Waals surface area contributed by atoms with E-state index in [0.717, 1.165) is 85.3 Å². The van der Waals surface area contributed by atoms with Crippen molar-refractivity contribution in [3.63, 3.8) is 0 Å². The zero-order valence-electron chi connectivity index (χ0n) is 31.4. The van der Waals surface area contributed by atoms with Gasteiger partial charge in [-0.1, -0.05) is 37.1 Å². The number of carbonyl (C=O) groups is 2. The van der Waals surface area contributed by atoms with Gasteiger partial charge in [0.2, 0.25) is 5.95 Å². The third-order valence-corrected chi connectivity index (χ3v) is 11.5. The van der Waals surface area contributed by atoms with Gasteiger partial charge >= 0.3 is 0 Å². The lowest BCUT2D eigenvalue weighted by atomic mass is 9.99. The van der Waals surface area contributed by atoms with Crippen molar-refractivity contribution in [3.8, 4) is 11.3 Å². The second-order valence-electron chi connectivity index (χ2n) is 15.0. The number of H-pyrrole nitrogens is 1. The molecule has 6 heterocycles. The number of piperazine rings is 1. The van der Waals surface area contributed by atoms with Crippen molar-refractivity contribution < 1.29 is 14.0 Å². The van der Waals surface area contributed by atoms with E-state index in [1.54, 1.807) is 17.7 Å². The summed E-state index contributed by atoms with van der Waals surface area (Å²) in [5.74, 6) is 0.0210. The average Bonchev–Trinajstić information content (AvgIpc) is 3.82. The number of hydrazine groups is 1. The number of ketones is 1. The Morgan fingerprint density at radius 2 is 1.77 bits per heavy atom. The third kappa shape index (κ3) is 6.58. The average molecular weight is 755 g/mol. The van der Waals surface area contributed by atoms with E-state index in [9.17, 15) is 18.8 Å². The molecule has 1 saturated heterocycles. The summed E-state index contributed by atoms with van der Waals surface area (Å²) in [4.78, 5) is 58.2. The summed E-state index contributed by atoms with van der Waals surface area (Å²) >= 11 is 0. The number of nitrogens with zero attached hydrogens (tertiary/aromatic N) is 6. The Morgan fingerprint density at radius 1 is 0.982 bits per heavy atom. The minimum Gasteiger partial charge on any atom is -0.368 e. The number of nitrogens with one attached hydrogen (secondary N) is 4. The van der Waals surface area contributed by atoms with E-state index in [4.69, 9.17) is 4.98 Å². The fourth-order valence-corrected chi connectivity index (χ4v) is 8.62. The number of aromatic nitrogens is 5. The summed E-state index contributed by atoms with van der Waals surface area (Å²) in [6.45, 7) is 7.74. The minimum absolute atomic E-state index is 0.0108. The Kier molecular flexibility index (Phi) is 9.30. The van der Waals surface area contributed by atoms with Gasteiger partial charge in [0.25, 0.3) is 11.5 Å². The Morgan fingerprint density at radius 3 is 2.50 bits per heavy atom. The summed E-state index contributed by atoms with van der Waals surface area (Å²) in [7, 11) is 0. The molecule has 1 aliphatic carbocycles. The van der Waals surface area contributed by atoms with E-state index in [1.807, 2.05) is 18.3 Å². The number of fused-ring (bicyclic) bond motifs is 1. The molecule has 13 nitrogen and oxygen atoms in total. The molecular weight excluding hydrogens is 712 g/mol. The molecule has 56 heavy (non-hydrogen) atoms. The van der Waals surface area contributed by atoms with Crippen LogP contribution in [-0.2, 0) is 13.0 Å². The normalized spacial score (nSPS) is 16.4. The number of rotatable bonds is 9. The lowest BCUT2D eigenvalue weighted by Gasteiger charge is -2.36. The number of hydrogen-bond donors (Lipinski definition) is 4. The van der Waals surface area contributed by atoms with Crippen LogP contribution in [-0.4, -0.2) is 73.9 Å². The summed E-state index contributed by atoms with van der Waals surface area (Å²) in [6, 6.07) is 15.1. The molecule has 6 aromatic rings. The van der Waals surface area contributed by atoms with E-state index in [-0.39, 0.29) is 28.9 Å². The van der Waals surface area contributed by atoms with Gasteiger partial charge in [-0.25, -0.2) is 19.4 Å². The number of aryl methyl sites for hydroxylation is 1. The van der Waals surface area contributed by atoms with Gasteiger partial charge in [0.1, 0.15) is 17.3 Å². The first-order valence-corrected chi connectivity index (χ1v) is 19.3. The molecule has 0 radical (unpaired) electrons. The number of Topliss-reactive ketones (excluding diaryl/α,β-unsaturated/α-hetero) is 1. The third-order valence-electron chi connectivity index (χ3n) is 11.5. The van der Waals surface area contributed by atoms with Gasteiger partial charge < -0.3 is 20.5 Å². The van der Waals surface area contributed by atoms with Crippen LogP contribution in [0.5, 0.6) is 0 Å². The molecule has 2 fully saturated rings. The van der Waals surface area contributed by atoms with Gasteiger partial charge in [0.15, 0.2) is 5.78 Å². The highest BCUT2D eigenvalue weighted by molar-refractivity contribution is 6.10. The molecule has 0 spiro atoms. The van der Waals surface area contributed by atoms with Crippen LogP contribution in [0.2, 0.25) is 0 Å². The van der Waals surface area contributed by atoms with Crippen molar-refractivity contribution in [2.45, 2.75) is 58.5 Å². The quantitative estimate of drug-likeness (QED) is 0.130. The number of halogens is 1. The maximum atomic E-state index is 14.3. The van der Waals surface area contributed by atoms with Crippen LogP contribution in [0.3, 0.4) is 0 Å². The van der Waals surface area contributed by atoms with Gasteiger partial charge in [-0.05, 0) is 79.6 Å². The molecule has 0 bridgehead atoms. The summed E-state index contributed by atoms with van der Waals surface area (Å²) in [5.41, 5.74) is 10.8. The largest absolute Gasteiger partial charge is 0.368 e. The highest BCUT2D eigenvalue weighted by Gasteiger charge is 2.27. The van der Waals surface area contributed by atoms with Crippen LogP contribution in [0.25, 0.3) is 33.2 Å². The molecule has 2 aromatic carbocycles. The van der Waals surface area contributed by atoms with Crippen molar-refractivity contribution in [2.24, 2.45) is 0 Å². The maximum Gasteiger partial charge on any atom is 0.263 e. The highest BCUT2D eigenvalue weighted by Crippen LogP contribution is 2.35. The number of benzene rings is 2.